The summed E-state index contributed by atoms with van der Waals surface area (Å²) in [5.41, 5.74) is 0.275. The van der Waals surface area contributed by atoms with Gasteiger partial charge in [-0.15, -0.1) is 0 Å². The van der Waals surface area contributed by atoms with E-state index in [1.54, 1.807) is 0 Å². The smallest absolute Gasteiger partial charge is 0.324 e. The lowest BCUT2D eigenvalue weighted by Crippen LogP contribution is -2.46. The number of likely N-dealkylation sites (tertiary alicyclic amines) is 1. The minimum atomic E-state index is -4.32. The summed E-state index contributed by atoms with van der Waals surface area (Å²) in [4.78, 5) is 13.0. The molecule has 1 saturated heterocycles. The number of nitrogens with two attached hydrogens (primary N) is 1. The van der Waals surface area contributed by atoms with Crippen molar-refractivity contribution in [2.45, 2.75) is 23.9 Å². The van der Waals surface area contributed by atoms with Crippen LogP contribution in [0.3, 0.4) is 0 Å². The van der Waals surface area contributed by atoms with Crippen molar-refractivity contribution in [1.29, 1.82) is 0 Å². The van der Waals surface area contributed by atoms with Crippen molar-refractivity contribution in [3.8, 4) is 0 Å². The van der Waals surface area contributed by atoms with Gasteiger partial charge in [-0.2, -0.15) is 13.2 Å². The number of piperidine rings is 1. The summed E-state index contributed by atoms with van der Waals surface area (Å²) < 4.78 is 60.4. The van der Waals surface area contributed by atoms with Crippen LogP contribution in [0.15, 0.2) is 29.2 Å². The molecule has 0 aromatic heterocycles. The number of nitrogens with one attached hydrogen (secondary N) is 1. The number of amides is 2. The van der Waals surface area contributed by atoms with Crippen molar-refractivity contribution < 1.29 is 26.4 Å². The van der Waals surface area contributed by atoms with Gasteiger partial charge in [0.15, 0.2) is 0 Å². The van der Waals surface area contributed by atoms with Gasteiger partial charge in [0.05, 0.1) is 10.8 Å². The first kappa shape index (κ1) is 17.5. The molecule has 0 saturated carbocycles. The molecule has 10 heteroatoms. The molecule has 2 rings (SSSR count). The Kier molecular flexibility index (Phi) is 4.85. The molecule has 1 atom stereocenters. The highest BCUT2D eigenvalue weighted by Crippen LogP contribution is 2.33. The van der Waals surface area contributed by atoms with Crippen LogP contribution in [0.5, 0.6) is 0 Å². The molecule has 128 valence electrons. The molecule has 0 bridgehead atoms. The largest absolute Gasteiger partial charge is 0.393 e. The lowest BCUT2D eigenvalue weighted by molar-refractivity contribution is -0.183. The highest BCUT2D eigenvalue weighted by molar-refractivity contribution is 7.89. The number of carbonyl (C=O) groups is 1. The monoisotopic (exact) mass is 351 g/mol. The predicted molar refractivity (Wildman–Crippen MR) is 77.2 cm³/mol. The third-order valence-electron chi connectivity index (χ3n) is 3.61. The van der Waals surface area contributed by atoms with Crippen molar-refractivity contribution in [3.05, 3.63) is 24.3 Å². The Morgan fingerprint density at radius 2 is 1.87 bits per heavy atom. The molecule has 1 heterocycles. The van der Waals surface area contributed by atoms with Crippen LogP contribution >= 0.6 is 0 Å². The second-order valence-corrected chi connectivity index (χ2v) is 6.89. The molecule has 1 aromatic carbocycles. The van der Waals surface area contributed by atoms with Crippen molar-refractivity contribution in [1.82, 2.24) is 4.90 Å². The summed E-state index contributed by atoms with van der Waals surface area (Å²) in [6.45, 7) is -0.141. The second-order valence-electron chi connectivity index (χ2n) is 5.33. The Labute approximate surface area is 131 Å². The van der Waals surface area contributed by atoms with E-state index in [-0.39, 0.29) is 36.5 Å². The molecule has 0 spiro atoms. The van der Waals surface area contributed by atoms with Crippen LogP contribution in [0.2, 0.25) is 0 Å². The molecular weight excluding hydrogens is 335 g/mol. The zero-order valence-corrected chi connectivity index (χ0v) is 12.8. The Bertz CT molecular complexity index is 674. The zero-order valence-electron chi connectivity index (χ0n) is 12.0. The van der Waals surface area contributed by atoms with Crippen molar-refractivity contribution in [3.63, 3.8) is 0 Å². The average molecular weight is 351 g/mol. The van der Waals surface area contributed by atoms with E-state index in [1.807, 2.05) is 0 Å². The number of hydrogen-bond donors (Lipinski definition) is 2. The van der Waals surface area contributed by atoms with Gasteiger partial charge in [0.2, 0.25) is 10.0 Å². The molecule has 0 unspecified atom stereocenters. The number of nitrogens with zero attached hydrogens (tertiary/aromatic N) is 1. The number of hydrogen-bond acceptors (Lipinski definition) is 3. The van der Waals surface area contributed by atoms with Crippen LogP contribution in [0.1, 0.15) is 12.8 Å². The van der Waals surface area contributed by atoms with Crippen molar-refractivity contribution in [2.24, 2.45) is 11.1 Å². The van der Waals surface area contributed by atoms with Crippen molar-refractivity contribution in [2.75, 3.05) is 18.4 Å². The van der Waals surface area contributed by atoms with Gasteiger partial charge in [-0.3, -0.25) is 0 Å². The normalized spacial score (nSPS) is 19.5. The van der Waals surface area contributed by atoms with Crippen molar-refractivity contribution >= 4 is 21.7 Å². The molecule has 1 aliphatic rings. The standard InChI is InChI=1S/C13H16F3N3O3S/c14-13(15,16)9-2-1-7-19(8-9)12(20)18-10-3-5-11(6-4-10)23(17,21)22/h3-6,9H,1-2,7-8H2,(H,18,20)(H2,17,21,22)/t9-/m1/s1. The third kappa shape index (κ3) is 4.58. The van der Waals surface area contributed by atoms with Gasteiger partial charge in [-0.25, -0.2) is 18.4 Å². The maximum absolute atomic E-state index is 12.7. The fraction of sp³-hybridized carbons (Fsp3) is 0.462. The van der Waals surface area contributed by atoms with Gasteiger partial charge in [0.1, 0.15) is 0 Å². The number of rotatable bonds is 2. The summed E-state index contributed by atoms with van der Waals surface area (Å²) in [6.07, 6.45) is -4.03. The average Bonchev–Trinajstić information content (AvgIpc) is 2.46. The number of benzene rings is 1. The minimum absolute atomic E-state index is 0.0103. The highest BCUT2D eigenvalue weighted by atomic mass is 32.2. The van der Waals surface area contributed by atoms with E-state index in [0.717, 1.165) is 4.90 Å². The minimum Gasteiger partial charge on any atom is -0.324 e. The predicted octanol–water partition coefficient (Wildman–Crippen LogP) is 2.14. The van der Waals surface area contributed by atoms with Gasteiger partial charge >= 0.3 is 12.2 Å². The van der Waals surface area contributed by atoms with Gasteiger partial charge in [0, 0.05) is 18.8 Å². The number of carbonyl (C=O) groups excluding carboxylic acids is 1. The van der Waals surface area contributed by atoms with Crippen LogP contribution in [0.4, 0.5) is 23.7 Å². The van der Waals surface area contributed by atoms with Gasteiger partial charge < -0.3 is 10.2 Å². The Balaban J connectivity index is 2.01. The number of sulfonamides is 1. The number of halogens is 3. The molecule has 0 radical (unpaired) electrons. The second kappa shape index (κ2) is 6.36. The molecule has 1 fully saturated rings. The van der Waals surface area contributed by atoms with Crippen LogP contribution in [-0.4, -0.2) is 38.6 Å². The van der Waals surface area contributed by atoms with Gasteiger partial charge in [-0.05, 0) is 37.1 Å². The number of urea groups is 1. The van der Waals surface area contributed by atoms with Gasteiger partial charge in [-0.1, -0.05) is 0 Å². The summed E-state index contributed by atoms with van der Waals surface area (Å²) in [7, 11) is -3.84. The lowest BCUT2D eigenvalue weighted by Gasteiger charge is -2.33. The molecule has 1 aliphatic heterocycles. The van der Waals surface area contributed by atoms with Gasteiger partial charge in [0.25, 0.3) is 0 Å². The first-order chi connectivity index (χ1) is 10.6. The van der Waals surface area contributed by atoms with E-state index in [4.69, 9.17) is 5.14 Å². The first-order valence-electron chi connectivity index (χ1n) is 6.83. The molecule has 2 amide bonds. The summed E-state index contributed by atoms with van der Waals surface area (Å²) in [6, 6.07) is 4.41. The Morgan fingerprint density at radius 1 is 1.26 bits per heavy atom. The molecule has 23 heavy (non-hydrogen) atoms. The SMILES string of the molecule is NS(=O)(=O)c1ccc(NC(=O)N2CCC[C@@H](C(F)(F)F)C2)cc1. The Hall–Kier alpha value is -1.81. The van der Waals surface area contributed by atoms with Crippen LogP contribution in [0.25, 0.3) is 0 Å². The van der Waals surface area contributed by atoms with E-state index >= 15 is 0 Å². The summed E-state index contributed by atoms with van der Waals surface area (Å²) in [5, 5.41) is 7.40. The zero-order chi connectivity index (χ0) is 17.3. The number of alkyl halides is 3. The van der Waals surface area contributed by atoms with E-state index in [0.29, 0.717) is 0 Å². The highest BCUT2D eigenvalue weighted by Gasteiger charge is 2.42. The fourth-order valence-corrected chi connectivity index (χ4v) is 2.87. The third-order valence-corrected chi connectivity index (χ3v) is 4.53. The number of primary sulfonamides is 1. The summed E-state index contributed by atoms with van der Waals surface area (Å²) in [5.74, 6) is -1.52. The Morgan fingerprint density at radius 3 is 2.39 bits per heavy atom. The summed E-state index contributed by atoms with van der Waals surface area (Å²) >= 11 is 0. The van der Waals surface area contributed by atoms with E-state index in [2.05, 4.69) is 5.32 Å². The molecule has 6 nitrogen and oxygen atoms in total. The molecular formula is C13H16F3N3O3S. The molecule has 1 aromatic rings. The quantitative estimate of drug-likeness (QED) is 0.855. The van der Waals surface area contributed by atoms with Crippen LogP contribution < -0.4 is 10.5 Å². The maximum atomic E-state index is 12.7. The molecule has 0 aliphatic carbocycles. The van der Waals surface area contributed by atoms with E-state index in [9.17, 15) is 26.4 Å². The number of anilines is 1. The van der Waals surface area contributed by atoms with E-state index in [1.165, 1.54) is 24.3 Å². The molecule has 3 N–H and O–H groups in total. The van der Waals surface area contributed by atoms with Crippen LogP contribution in [-0.2, 0) is 10.0 Å². The topological polar surface area (TPSA) is 92.5 Å². The maximum Gasteiger partial charge on any atom is 0.393 e. The van der Waals surface area contributed by atoms with E-state index < -0.39 is 28.1 Å². The van der Waals surface area contributed by atoms with Crippen LogP contribution in [0, 0.1) is 5.92 Å². The lowest BCUT2D eigenvalue weighted by atomic mass is 9.98. The first-order valence-corrected chi connectivity index (χ1v) is 8.37. The fourth-order valence-electron chi connectivity index (χ4n) is 2.36.